The third-order valence-electron chi connectivity index (χ3n) is 6.82. The fourth-order valence-corrected chi connectivity index (χ4v) is 4.52. The summed E-state index contributed by atoms with van der Waals surface area (Å²) < 4.78 is 42.1. The molecular formula is C25H20F3N3O4. The summed E-state index contributed by atoms with van der Waals surface area (Å²) in [7, 11) is 0. The van der Waals surface area contributed by atoms with Crippen molar-refractivity contribution in [3.8, 4) is 11.1 Å². The van der Waals surface area contributed by atoms with E-state index in [1.54, 1.807) is 0 Å². The van der Waals surface area contributed by atoms with Gasteiger partial charge in [0.2, 0.25) is 0 Å². The van der Waals surface area contributed by atoms with Crippen LogP contribution in [-0.2, 0) is 6.18 Å². The van der Waals surface area contributed by atoms with E-state index in [-0.39, 0.29) is 33.7 Å². The molecule has 3 aromatic rings. The van der Waals surface area contributed by atoms with Crippen LogP contribution in [0.25, 0.3) is 11.1 Å². The first kappa shape index (κ1) is 24.1. The third-order valence-corrected chi connectivity index (χ3v) is 6.82. The second-order valence-electron chi connectivity index (χ2n) is 8.59. The number of hydrogen-bond donors (Lipinski definition) is 0. The van der Waals surface area contributed by atoms with Crippen molar-refractivity contribution in [2.45, 2.75) is 40.8 Å². The van der Waals surface area contributed by atoms with E-state index < -0.39 is 27.3 Å². The van der Waals surface area contributed by atoms with E-state index in [1.165, 1.54) is 12.1 Å². The Kier molecular flexibility index (Phi) is 5.50. The van der Waals surface area contributed by atoms with Gasteiger partial charge in [-0.15, -0.1) is 0 Å². The van der Waals surface area contributed by atoms with Crippen LogP contribution in [0.4, 0.5) is 30.2 Å². The molecule has 180 valence electrons. The molecule has 0 saturated heterocycles. The highest BCUT2D eigenvalue weighted by Crippen LogP contribution is 2.48. The van der Waals surface area contributed by atoms with Gasteiger partial charge in [-0.1, -0.05) is 0 Å². The molecule has 0 fully saturated rings. The predicted molar refractivity (Wildman–Crippen MR) is 126 cm³/mol. The lowest BCUT2D eigenvalue weighted by molar-refractivity contribution is -0.385. The van der Waals surface area contributed by atoms with Gasteiger partial charge in [0, 0.05) is 41.0 Å². The SMILES string of the molecule is Cc1c(C)c(C)c(N=C2c3cc([N+](=O)[O-])ccc3-c3c2cc([N+](=O)[O-])cc3C(F)(F)F)c(C)c1C. The molecule has 35 heavy (non-hydrogen) atoms. The third kappa shape index (κ3) is 3.74. The van der Waals surface area contributed by atoms with Crippen LogP contribution in [0.15, 0.2) is 35.3 Å². The molecule has 0 atom stereocenters. The minimum atomic E-state index is -4.90. The monoisotopic (exact) mass is 483 g/mol. The van der Waals surface area contributed by atoms with E-state index >= 15 is 0 Å². The highest BCUT2D eigenvalue weighted by atomic mass is 19.4. The molecule has 3 aromatic carbocycles. The van der Waals surface area contributed by atoms with Crippen molar-refractivity contribution in [2.75, 3.05) is 0 Å². The van der Waals surface area contributed by atoms with Gasteiger partial charge in [-0.25, -0.2) is 4.99 Å². The minimum absolute atomic E-state index is 0.0294. The number of aliphatic imine (C=N–C) groups is 1. The number of benzene rings is 3. The van der Waals surface area contributed by atoms with Crippen molar-refractivity contribution in [2.24, 2.45) is 4.99 Å². The van der Waals surface area contributed by atoms with E-state index in [2.05, 4.69) is 0 Å². The zero-order valence-corrected chi connectivity index (χ0v) is 19.5. The number of hydrogen-bond acceptors (Lipinski definition) is 5. The van der Waals surface area contributed by atoms with E-state index in [0.717, 1.165) is 39.9 Å². The highest BCUT2D eigenvalue weighted by Gasteiger charge is 2.41. The number of nitro benzene ring substituents is 2. The first-order valence-corrected chi connectivity index (χ1v) is 10.6. The van der Waals surface area contributed by atoms with Gasteiger partial charge in [-0.3, -0.25) is 20.2 Å². The summed E-state index contributed by atoms with van der Waals surface area (Å²) in [5.74, 6) is 0. The quantitative estimate of drug-likeness (QED) is 0.227. The van der Waals surface area contributed by atoms with Gasteiger partial charge in [0.1, 0.15) is 0 Å². The molecule has 1 aliphatic carbocycles. The zero-order valence-electron chi connectivity index (χ0n) is 19.5. The van der Waals surface area contributed by atoms with Crippen molar-refractivity contribution in [1.82, 2.24) is 0 Å². The normalized spacial score (nSPS) is 13.7. The molecule has 7 nitrogen and oxygen atoms in total. The maximum absolute atomic E-state index is 14.0. The van der Waals surface area contributed by atoms with Crippen molar-refractivity contribution < 1.29 is 23.0 Å². The van der Waals surface area contributed by atoms with Crippen molar-refractivity contribution in [1.29, 1.82) is 0 Å². The first-order valence-electron chi connectivity index (χ1n) is 10.6. The average Bonchev–Trinajstić information content (AvgIpc) is 3.10. The number of rotatable bonds is 3. The van der Waals surface area contributed by atoms with Gasteiger partial charge in [-0.2, -0.15) is 13.2 Å². The average molecular weight is 483 g/mol. The number of fused-ring (bicyclic) bond motifs is 3. The fourth-order valence-electron chi connectivity index (χ4n) is 4.52. The Labute approximate surface area is 198 Å². The zero-order chi connectivity index (χ0) is 26.0. The van der Waals surface area contributed by atoms with E-state index in [0.29, 0.717) is 11.8 Å². The fraction of sp³-hybridized carbons (Fsp3) is 0.240. The van der Waals surface area contributed by atoms with Crippen LogP contribution < -0.4 is 0 Å². The Morgan fingerprint density at radius 3 is 1.74 bits per heavy atom. The van der Waals surface area contributed by atoms with Crippen LogP contribution in [0, 0.1) is 54.8 Å². The van der Waals surface area contributed by atoms with Crippen molar-refractivity contribution in [3.05, 3.63) is 95.1 Å². The predicted octanol–water partition coefficient (Wildman–Crippen LogP) is 7.21. The Hall–Kier alpha value is -4.08. The van der Waals surface area contributed by atoms with Crippen molar-refractivity contribution in [3.63, 3.8) is 0 Å². The second kappa shape index (κ2) is 8.00. The molecule has 0 heterocycles. The smallest absolute Gasteiger partial charge is 0.258 e. The number of non-ortho nitro benzene ring substituents is 2. The number of nitrogens with zero attached hydrogens (tertiary/aromatic N) is 3. The summed E-state index contributed by atoms with van der Waals surface area (Å²) in [5, 5.41) is 22.9. The maximum atomic E-state index is 14.0. The standard InChI is InChI=1S/C25H20F3N3O4/c1-11-12(2)14(4)23(15(5)13(11)3)29-24-19-8-16(30(32)33)6-7-18(19)22-20(24)9-17(31(34)35)10-21(22)25(26,27)28/h6-10H,1-5H3. The Morgan fingerprint density at radius 1 is 0.714 bits per heavy atom. The largest absolute Gasteiger partial charge is 0.417 e. The molecule has 0 aliphatic heterocycles. The molecule has 0 aromatic heterocycles. The lowest BCUT2D eigenvalue weighted by Gasteiger charge is -2.17. The van der Waals surface area contributed by atoms with Gasteiger partial charge >= 0.3 is 6.18 Å². The summed E-state index contributed by atoms with van der Waals surface area (Å²) >= 11 is 0. The summed E-state index contributed by atoms with van der Waals surface area (Å²) in [6.45, 7) is 9.47. The minimum Gasteiger partial charge on any atom is -0.258 e. The van der Waals surface area contributed by atoms with Gasteiger partial charge in [-0.05, 0) is 74.1 Å². The lowest BCUT2D eigenvalue weighted by Crippen LogP contribution is -2.09. The second-order valence-corrected chi connectivity index (χ2v) is 8.59. The maximum Gasteiger partial charge on any atom is 0.417 e. The molecule has 1 aliphatic rings. The number of halogens is 3. The lowest BCUT2D eigenvalue weighted by atomic mass is 9.93. The van der Waals surface area contributed by atoms with Crippen LogP contribution in [0.2, 0.25) is 0 Å². The van der Waals surface area contributed by atoms with E-state index in [1.807, 2.05) is 34.6 Å². The van der Waals surface area contributed by atoms with Gasteiger partial charge < -0.3 is 0 Å². The highest BCUT2D eigenvalue weighted by molar-refractivity contribution is 6.26. The molecule has 0 bridgehead atoms. The topological polar surface area (TPSA) is 98.6 Å². The van der Waals surface area contributed by atoms with Crippen LogP contribution in [0.1, 0.15) is 44.5 Å². The Morgan fingerprint density at radius 2 is 1.23 bits per heavy atom. The molecule has 0 unspecified atom stereocenters. The summed E-state index contributed by atoms with van der Waals surface area (Å²) in [6, 6.07) is 5.06. The molecule has 0 saturated carbocycles. The Bertz CT molecular complexity index is 1460. The summed E-state index contributed by atoms with van der Waals surface area (Å²) in [6.07, 6.45) is -4.90. The van der Waals surface area contributed by atoms with Gasteiger partial charge in [0.25, 0.3) is 11.4 Å². The van der Waals surface area contributed by atoms with E-state index in [4.69, 9.17) is 4.99 Å². The molecule has 0 amide bonds. The van der Waals surface area contributed by atoms with Gasteiger partial charge in [0.05, 0.1) is 26.8 Å². The summed E-state index contributed by atoms with van der Waals surface area (Å²) in [4.78, 5) is 26.1. The van der Waals surface area contributed by atoms with E-state index in [9.17, 15) is 33.4 Å². The molecule has 0 N–H and O–H groups in total. The van der Waals surface area contributed by atoms with Crippen LogP contribution in [0.5, 0.6) is 0 Å². The molecular weight excluding hydrogens is 463 g/mol. The Balaban J connectivity index is 2.17. The van der Waals surface area contributed by atoms with Gasteiger partial charge in [0.15, 0.2) is 0 Å². The summed E-state index contributed by atoms with van der Waals surface area (Å²) in [5.41, 5.74) is 2.73. The van der Waals surface area contributed by atoms with Crippen LogP contribution in [-0.4, -0.2) is 15.6 Å². The molecule has 10 heteroatoms. The molecule has 4 rings (SSSR count). The van der Waals surface area contributed by atoms with Crippen molar-refractivity contribution >= 4 is 22.8 Å². The van der Waals surface area contributed by atoms with Crippen LogP contribution in [0.3, 0.4) is 0 Å². The van der Waals surface area contributed by atoms with Crippen LogP contribution >= 0.6 is 0 Å². The number of nitro groups is 2. The molecule has 0 radical (unpaired) electrons. The first-order chi connectivity index (χ1) is 16.2. The number of alkyl halides is 3. The molecule has 0 spiro atoms.